The molecule has 1 saturated heterocycles. The number of alkyl halides is 3. The highest BCUT2D eigenvalue weighted by molar-refractivity contribution is 9.10. The lowest BCUT2D eigenvalue weighted by atomic mass is 9.94. The van der Waals surface area contributed by atoms with Crippen LogP contribution >= 0.6 is 15.9 Å². The molecule has 5 nitrogen and oxygen atoms in total. The van der Waals surface area contributed by atoms with E-state index in [1.54, 1.807) is 0 Å². The van der Waals surface area contributed by atoms with Crippen molar-refractivity contribution in [3.8, 4) is 0 Å². The molecular weight excluding hydrogens is 353 g/mol. The van der Waals surface area contributed by atoms with Crippen molar-refractivity contribution < 1.29 is 13.2 Å². The summed E-state index contributed by atoms with van der Waals surface area (Å²) < 4.78 is 37.6. The van der Waals surface area contributed by atoms with Gasteiger partial charge in [0.1, 0.15) is 11.0 Å². The zero-order valence-corrected chi connectivity index (χ0v) is 13.0. The first-order valence-corrected chi connectivity index (χ1v) is 7.31. The van der Waals surface area contributed by atoms with Crippen LogP contribution in [0.4, 0.5) is 18.9 Å². The summed E-state index contributed by atoms with van der Waals surface area (Å²) in [5, 5.41) is 3.62. The molecule has 1 aliphatic heterocycles. The summed E-state index contributed by atoms with van der Waals surface area (Å²) in [4.78, 5) is 13.9. The average Bonchev–Trinajstić information content (AvgIpc) is 2.37. The maximum atomic E-state index is 12.4. The van der Waals surface area contributed by atoms with Crippen LogP contribution in [0.5, 0.6) is 0 Å². The fourth-order valence-electron chi connectivity index (χ4n) is 2.34. The van der Waals surface area contributed by atoms with Gasteiger partial charge in [-0.25, -0.2) is 4.68 Å². The van der Waals surface area contributed by atoms with Crippen LogP contribution in [0.3, 0.4) is 0 Å². The number of anilines is 1. The summed E-state index contributed by atoms with van der Waals surface area (Å²) in [6, 6.07) is 0.0959. The van der Waals surface area contributed by atoms with Gasteiger partial charge >= 0.3 is 6.18 Å². The first kappa shape index (κ1) is 16.3. The number of halogens is 4. The minimum Gasteiger partial charge on any atom is -0.369 e. The molecule has 0 radical (unpaired) electrons. The van der Waals surface area contributed by atoms with E-state index in [9.17, 15) is 18.0 Å². The highest BCUT2D eigenvalue weighted by Crippen LogP contribution is 2.27. The van der Waals surface area contributed by atoms with E-state index in [4.69, 9.17) is 5.73 Å². The Kier molecular flexibility index (Phi) is 4.62. The molecule has 0 bridgehead atoms. The van der Waals surface area contributed by atoms with Crippen molar-refractivity contribution in [1.29, 1.82) is 0 Å². The molecule has 0 spiro atoms. The Labute approximate surface area is 128 Å². The van der Waals surface area contributed by atoms with E-state index < -0.39 is 18.3 Å². The van der Waals surface area contributed by atoms with Gasteiger partial charge in [-0.15, -0.1) is 0 Å². The van der Waals surface area contributed by atoms with Crippen LogP contribution in [0.1, 0.15) is 13.3 Å². The van der Waals surface area contributed by atoms with E-state index in [2.05, 4.69) is 21.0 Å². The number of hydrogen-bond acceptors (Lipinski definition) is 4. The normalized spacial score (nSPS) is 23.4. The SMILES string of the molecule is CC1CN(c2cnn(CC(F)(F)F)c(=O)c2Br)CCC1N. The lowest BCUT2D eigenvalue weighted by molar-refractivity contribution is -0.143. The fourth-order valence-corrected chi connectivity index (χ4v) is 2.90. The van der Waals surface area contributed by atoms with Crippen molar-refractivity contribution in [2.45, 2.75) is 32.1 Å². The van der Waals surface area contributed by atoms with Gasteiger partial charge in [-0.2, -0.15) is 18.3 Å². The lowest BCUT2D eigenvalue weighted by Gasteiger charge is -2.36. The molecule has 1 fully saturated rings. The van der Waals surface area contributed by atoms with Gasteiger partial charge in [0, 0.05) is 19.1 Å². The van der Waals surface area contributed by atoms with Gasteiger partial charge in [-0.05, 0) is 28.3 Å². The second kappa shape index (κ2) is 5.96. The highest BCUT2D eigenvalue weighted by Gasteiger charge is 2.31. The Bertz CT molecular complexity index is 575. The van der Waals surface area contributed by atoms with Crippen LogP contribution in [0.15, 0.2) is 15.5 Å². The summed E-state index contributed by atoms with van der Waals surface area (Å²) in [6.45, 7) is 1.90. The predicted molar refractivity (Wildman–Crippen MR) is 76.2 cm³/mol. The molecule has 1 aliphatic rings. The first-order valence-electron chi connectivity index (χ1n) is 6.52. The number of hydrogen-bond donors (Lipinski definition) is 1. The van der Waals surface area contributed by atoms with E-state index >= 15 is 0 Å². The van der Waals surface area contributed by atoms with Gasteiger partial charge in [0.05, 0.1) is 11.9 Å². The third-order valence-corrected chi connectivity index (χ3v) is 4.35. The largest absolute Gasteiger partial charge is 0.408 e. The van der Waals surface area contributed by atoms with E-state index in [-0.39, 0.29) is 16.4 Å². The Morgan fingerprint density at radius 1 is 1.52 bits per heavy atom. The van der Waals surface area contributed by atoms with Crippen LogP contribution < -0.4 is 16.2 Å². The monoisotopic (exact) mass is 368 g/mol. The van der Waals surface area contributed by atoms with Gasteiger partial charge in [-0.1, -0.05) is 6.92 Å². The van der Waals surface area contributed by atoms with Crippen molar-refractivity contribution >= 4 is 21.6 Å². The van der Waals surface area contributed by atoms with Gasteiger partial charge < -0.3 is 10.6 Å². The van der Waals surface area contributed by atoms with Crippen molar-refractivity contribution in [3.05, 3.63) is 21.0 Å². The molecule has 21 heavy (non-hydrogen) atoms. The third kappa shape index (κ3) is 3.76. The van der Waals surface area contributed by atoms with Crippen LogP contribution in [-0.4, -0.2) is 35.1 Å². The smallest absolute Gasteiger partial charge is 0.369 e. The van der Waals surface area contributed by atoms with Gasteiger partial charge in [0.2, 0.25) is 0 Å². The molecule has 0 aromatic carbocycles. The topological polar surface area (TPSA) is 64.2 Å². The van der Waals surface area contributed by atoms with Crippen molar-refractivity contribution in [2.24, 2.45) is 11.7 Å². The van der Waals surface area contributed by atoms with E-state index in [1.807, 2.05) is 11.8 Å². The number of rotatable bonds is 2. The Balaban J connectivity index is 2.27. The van der Waals surface area contributed by atoms with E-state index in [0.717, 1.165) is 6.42 Å². The van der Waals surface area contributed by atoms with Crippen LogP contribution in [0.2, 0.25) is 0 Å². The summed E-state index contributed by atoms with van der Waals surface area (Å²) >= 11 is 3.10. The Hall–Kier alpha value is -1.09. The molecule has 0 amide bonds. The summed E-state index contributed by atoms with van der Waals surface area (Å²) in [6.07, 6.45) is -2.43. The fraction of sp³-hybridized carbons (Fsp3) is 0.667. The molecule has 2 N–H and O–H groups in total. The minimum absolute atomic E-state index is 0.0959. The average molecular weight is 369 g/mol. The third-order valence-electron chi connectivity index (χ3n) is 3.61. The molecule has 2 rings (SSSR count). The summed E-state index contributed by atoms with van der Waals surface area (Å²) in [5.74, 6) is 0.239. The molecule has 0 saturated carbocycles. The van der Waals surface area contributed by atoms with Gasteiger partial charge in [-0.3, -0.25) is 4.79 Å². The number of nitrogens with two attached hydrogens (primary N) is 1. The molecule has 2 unspecified atom stereocenters. The Morgan fingerprint density at radius 2 is 2.19 bits per heavy atom. The maximum absolute atomic E-state index is 12.4. The Morgan fingerprint density at radius 3 is 2.76 bits per heavy atom. The van der Waals surface area contributed by atoms with E-state index in [0.29, 0.717) is 23.5 Å². The number of piperidine rings is 1. The second-order valence-corrected chi connectivity index (χ2v) is 6.09. The van der Waals surface area contributed by atoms with Crippen molar-refractivity contribution in [2.75, 3.05) is 18.0 Å². The number of nitrogens with zero attached hydrogens (tertiary/aromatic N) is 3. The number of aromatic nitrogens is 2. The molecule has 118 valence electrons. The van der Waals surface area contributed by atoms with E-state index in [1.165, 1.54) is 6.20 Å². The van der Waals surface area contributed by atoms with Gasteiger partial charge in [0.25, 0.3) is 5.56 Å². The molecule has 9 heteroatoms. The first-order chi connectivity index (χ1) is 9.69. The predicted octanol–water partition coefficient (Wildman–Crippen LogP) is 1.74. The summed E-state index contributed by atoms with van der Waals surface area (Å²) in [7, 11) is 0. The quantitative estimate of drug-likeness (QED) is 0.863. The van der Waals surface area contributed by atoms with Gasteiger partial charge in [0.15, 0.2) is 0 Å². The minimum atomic E-state index is -4.48. The molecule has 2 heterocycles. The van der Waals surface area contributed by atoms with Crippen LogP contribution in [-0.2, 0) is 6.54 Å². The molecule has 0 aliphatic carbocycles. The van der Waals surface area contributed by atoms with Crippen LogP contribution in [0.25, 0.3) is 0 Å². The zero-order chi connectivity index (χ0) is 15.8. The van der Waals surface area contributed by atoms with Crippen molar-refractivity contribution in [3.63, 3.8) is 0 Å². The maximum Gasteiger partial charge on any atom is 0.408 e. The van der Waals surface area contributed by atoms with Crippen LogP contribution in [0, 0.1) is 5.92 Å². The second-order valence-electron chi connectivity index (χ2n) is 5.30. The molecular formula is C12H16BrF3N4O. The highest BCUT2D eigenvalue weighted by atomic mass is 79.9. The zero-order valence-electron chi connectivity index (χ0n) is 11.4. The standard InChI is InChI=1S/C12H16BrF3N4O/c1-7-5-19(3-2-8(7)17)9-4-18-20(6-12(14,15)16)11(21)10(9)13/h4,7-8H,2-3,5-6,17H2,1H3. The van der Waals surface area contributed by atoms with Crippen molar-refractivity contribution in [1.82, 2.24) is 9.78 Å². The molecule has 1 aromatic rings. The lowest BCUT2D eigenvalue weighted by Crippen LogP contribution is -2.46. The molecule has 2 atom stereocenters. The molecule has 1 aromatic heterocycles. The summed E-state index contributed by atoms with van der Waals surface area (Å²) in [5.41, 5.74) is 5.66.